The van der Waals surface area contributed by atoms with Crippen LogP contribution < -0.4 is 20.3 Å². The number of nitriles is 1. The van der Waals surface area contributed by atoms with E-state index < -0.39 is 18.2 Å². The van der Waals surface area contributed by atoms with Crippen molar-refractivity contribution in [3.63, 3.8) is 0 Å². The fourth-order valence-corrected chi connectivity index (χ4v) is 3.98. The van der Waals surface area contributed by atoms with Crippen LogP contribution in [0.5, 0.6) is 5.75 Å². The first-order chi connectivity index (χ1) is 17.3. The zero-order chi connectivity index (χ0) is 25.8. The van der Waals surface area contributed by atoms with Gasteiger partial charge in [-0.3, -0.25) is 14.3 Å². The van der Waals surface area contributed by atoms with E-state index in [0.717, 1.165) is 0 Å². The van der Waals surface area contributed by atoms with Gasteiger partial charge in [-0.2, -0.15) is 10.4 Å². The van der Waals surface area contributed by atoms with Crippen molar-refractivity contribution >= 4 is 23.2 Å². The van der Waals surface area contributed by atoms with E-state index >= 15 is 0 Å². The molecule has 2 heterocycles. The number of hydrogen-bond donors (Lipinski definition) is 2. The number of benzene rings is 2. The normalized spacial score (nSPS) is 14.9. The van der Waals surface area contributed by atoms with E-state index in [1.807, 2.05) is 13.0 Å². The molecule has 0 aliphatic carbocycles. The number of ether oxygens (including phenoxy) is 1. The summed E-state index contributed by atoms with van der Waals surface area (Å²) in [5, 5.41) is 19.3. The molecule has 0 radical (unpaired) electrons. The highest BCUT2D eigenvalue weighted by Crippen LogP contribution is 2.30. The maximum Gasteiger partial charge on any atom is 0.279 e. The highest BCUT2D eigenvalue weighted by Gasteiger charge is 2.34. The number of halogens is 2. The van der Waals surface area contributed by atoms with E-state index in [9.17, 15) is 23.6 Å². The first kappa shape index (κ1) is 24.8. The molecule has 11 heteroatoms. The Labute approximate surface area is 206 Å². The third-order valence-electron chi connectivity index (χ3n) is 5.78. The number of carbonyl (C=O) groups is 2. The number of nitrogens with zero attached hydrogens (tertiary/aromatic N) is 4. The van der Waals surface area contributed by atoms with Crippen LogP contribution in [0.25, 0.3) is 0 Å². The van der Waals surface area contributed by atoms with E-state index in [-0.39, 0.29) is 34.1 Å². The molecule has 0 saturated heterocycles. The molecule has 1 aliphatic heterocycles. The lowest BCUT2D eigenvalue weighted by Crippen LogP contribution is -2.47. The van der Waals surface area contributed by atoms with Crippen LogP contribution in [0.1, 0.15) is 45.3 Å². The number of aromatic nitrogens is 2. The monoisotopic (exact) mass is 494 g/mol. The van der Waals surface area contributed by atoms with Crippen LogP contribution in [-0.2, 0) is 6.54 Å². The quantitative estimate of drug-likeness (QED) is 0.463. The molecule has 1 atom stereocenters. The molecule has 1 aliphatic rings. The van der Waals surface area contributed by atoms with Crippen LogP contribution in [0.4, 0.5) is 20.2 Å². The average molecular weight is 495 g/mol. The molecule has 9 nitrogen and oxygen atoms in total. The molecule has 186 valence electrons. The number of anilines is 2. The third kappa shape index (κ3) is 4.89. The molecule has 1 unspecified atom stereocenters. The lowest BCUT2D eigenvalue weighted by atomic mass is 10.1. The number of carbonyl (C=O) groups excluding carboxylic acids is 2. The maximum absolute atomic E-state index is 13.4. The first-order valence-corrected chi connectivity index (χ1v) is 11.2. The zero-order valence-corrected chi connectivity index (χ0v) is 19.7. The molecule has 0 saturated carbocycles. The fourth-order valence-electron chi connectivity index (χ4n) is 3.98. The molecule has 0 fully saturated rings. The average Bonchev–Trinajstić information content (AvgIpc) is 3.26. The Balaban J connectivity index is 1.56. The summed E-state index contributed by atoms with van der Waals surface area (Å²) in [7, 11) is 1.78. The van der Waals surface area contributed by atoms with Gasteiger partial charge in [-0.15, -0.1) is 0 Å². The second-order valence-corrected chi connectivity index (χ2v) is 8.23. The minimum atomic E-state index is -2.60. The zero-order valence-electron chi connectivity index (χ0n) is 19.7. The number of fused-ring (bicyclic) bond motifs is 1. The van der Waals surface area contributed by atoms with Gasteiger partial charge < -0.3 is 20.3 Å². The van der Waals surface area contributed by atoms with E-state index in [0.29, 0.717) is 31.1 Å². The van der Waals surface area contributed by atoms with Crippen LogP contribution in [0.2, 0.25) is 0 Å². The minimum absolute atomic E-state index is 0.135. The van der Waals surface area contributed by atoms with Crippen molar-refractivity contribution in [3.05, 3.63) is 71.0 Å². The lowest BCUT2D eigenvalue weighted by Gasteiger charge is -2.34. The lowest BCUT2D eigenvalue weighted by molar-refractivity contribution is 0.0948. The molecule has 1 aromatic heterocycles. The number of amides is 2. The SMILES string of the molecule is CNCCOc1ccc(C(=O)Nc2cnn3c2C(=O)N(c2ccc(C(F)F)cc2)C(C)C3)cc1C#N. The van der Waals surface area contributed by atoms with E-state index in [4.69, 9.17) is 4.74 Å². The van der Waals surface area contributed by atoms with Crippen LogP contribution in [0.3, 0.4) is 0 Å². The Morgan fingerprint density at radius 1 is 1.28 bits per heavy atom. The van der Waals surface area contributed by atoms with Crippen molar-refractivity contribution in [2.45, 2.75) is 25.9 Å². The van der Waals surface area contributed by atoms with E-state index in [1.54, 1.807) is 13.1 Å². The molecule has 0 bridgehead atoms. The van der Waals surface area contributed by atoms with Gasteiger partial charge in [0, 0.05) is 23.4 Å². The maximum atomic E-state index is 13.4. The first-order valence-electron chi connectivity index (χ1n) is 11.2. The summed E-state index contributed by atoms with van der Waals surface area (Å²) in [4.78, 5) is 27.9. The van der Waals surface area contributed by atoms with Crippen LogP contribution in [-0.4, -0.2) is 47.8 Å². The molecular weight excluding hydrogens is 470 g/mol. The summed E-state index contributed by atoms with van der Waals surface area (Å²) >= 11 is 0. The molecule has 2 amide bonds. The summed E-state index contributed by atoms with van der Waals surface area (Å²) in [5.41, 5.74) is 1.13. The fraction of sp³-hybridized carbons (Fsp3) is 0.280. The van der Waals surface area contributed by atoms with Gasteiger partial charge in [-0.25, -0.2) is 8.78 Å². The Kier molecular flexibility index (Phi) is 7.26. The minimum Gasteiger partial charge on any atom is -0.491 e. The van der Waals surface area contributed by atoms with Crippen molar-refractivity contribution in [2.75, 3.05) is 30.4 Å². The van der Waals surface area contributed by atoms with Crippen molar-refractivity contribution in [3.8, 4) is 11.8 Å². The predicted octanol–water partition coefficient (Wildman–Crippen LogP) is 3.59. The van der Waals surface area contributed by atoms with Crippen LogP contribution in [0, 0.1) is 11.3 Å². The summed E-state index contributed by atoms with van der Waals surface area (Å²) in [6.07, 6.45) is -1.21. The highest BCUT2D eigenvalue weighted by atomic mass is 19.3. The standard InChI is InChI=1S/C25H24F2N6O3/c1-15-14-32-22(25(35)33(15)19-6-3-16(4-7-19)23(26)27)20(13-30-32)31-24(34)17-5-8-21(18(11-17)12-28)36-10-9-29-2/h3-8,11,13,15,23,29H,9-10,14H2,1-2H3,(H,31,34). The third-order valence-corrected chi connectivity index (χ3v) is 5.78. The van der Waals surface area contributed by atoms with Gasteiger partial charge in [0.1, 0.15) is 24.1 Å². The summed E-state index contributed by atoms with van der Waals surface area (Å²) < 4.78 is 33.0. The largest absolute Gasteiger partial charge is 0.491 e. The number of likely N-dealkylation sites (N-methyl/N-ethyl adjacent to an activating group) is 1. The summed E-state index contributed by atoms with van der Waals surface area (Å²) in [6.45, 7) is 3.14. The van der Waals surface area contributed by atoms with Gasteiger partial charge in [0.2, 0.25) is 0 Å². The van der Waals surface area contributed by atoms with Gasteiger partial charge in [-0.1, -0.05) is 12.1 Å². The highest BCUT2D eigenvalue weighted by molar-refractivity contribution is 6.13. The molecule has 2 aromatic carbocycles. The Morgan fingerprint density at radius 2 is 2.03 bits per heavy atom. The van der Waals surface area contributed by atoms with Gasteiger partial charge >= 0.3 is 0 Å². The Morgan fingerprint density at radius 3 is 2.69 bits per heavy atom. The number of alkyl halides is 2. The number of nitrogens with one attached hydrogen (secondary N) is 2. The molecule has 3 aromatic rings. The van der Waals surface area contributed by atoms with Gasteiger partial charge in [-0.05, 0) is 44.3 Å². The topological polar surface area (TPSA) is 112 Å². The smallest absolute Gasteiger partial charge is 0.279 e. The van der Waals surface area contributed by atoms with Crippen molar-refractivity contribution in [1.82, 2.24) is 15.1 Å². The molecule has 0 spiro atoms. The van der Waals surface area contributed by atoms with Gasteiger partial charge in [0.15, 0.2) is 0 Å². The molecule has 36 heavy (non-hydrogen) atoms. The number of rotatable bonds is 8. The Hall–Kier alpha value is -4.30. The predicted molar refractivity (Wildman–Crippen MR) is 128 cm³/mol. The van der Waals surface area contributed by atoms with Crippen LogP contribution >= 0.6 is 0 Å². The van der Waals surface area contributed by atoms with Crippen molar-refractivity contribution < 1.29 is 23.1 Å². The summed E-state index contributed by atoms with van der Waals surface area (Å²) in [5.74, 6) is -0.578. The molecule has 2 N–H and O–H groups in total. The second kappa shape index (κ2) is 10.5. The number of hydrogen-bond acceptors (Lipinski definition) is 6. The van der Waals surface area contributed by atoms with Crippen molar-refractivity contribution in [2.24, 2.45) is 0 Å². The van der Waals surface area contributed by atoms with Gasteiger partial charge in [0.05, 0.1) is 30.0 Å². The van der Waals surface area contributed by atoms with Crippen molar-refractivity contribution in [1.29, 1.82) is 5.26 Å². The van der Waals surface area contributed by atoms with E-state index in [1.165, 1.54) is 52.2 Å². The summed E-state index contributed by atoms with van der Waals surface area (Å²) in [6, 6.07) is 11.8. The second-order valence-electron chi connectivity index (χ2n) is 8.23. The van der Waals surface area contributed by atoms with Gasteiger partial charge in [0.25, 0.3) is 18.2 Å². The van der Waals surface area contributed by atoms with E-state index in [2.05, 4.69) is 15.7 Å². The Bertz CT molecular complexity index is 1320. The molecular formula is C25H24F2N6O3. The van der Waals surface area contributed by atoms with Crippen LogP contribution in [0.15, 0.2) is 48.7 Å². The molecule has 4 rings (SSSR count).